The molecule has 0 unspecified atom stereocenters. The molecule has 0 bridgehead atoms. The standard InChI is InChI=1S/C36H54N2O/c1-33(2,3)26-17-24(18-27(20-26)34(4,5)6)22-37-30-15-13-14-16-31(30)38-23-25-19-28(35(7,8)9)21-29(32(25)39)36(10,11)12/h17-23,30-31,39H,13-16H2,1-12H3/t30-,31-/m0/s1. The third-order valence-electron chi connectivity index (χ3n) is 8.01. The summed E-state index contributed by atoms with van der Waals surface area (Å²) in [7, 11) is 0. The van der Waals surface area contributed by atoms with Crippen LogP contribution in [0, 0.1) is 0 Å². The van der Waals surface area contributed by atoms with Crippen molar-refractivity contribution in [1.29, 1.82) is 0 Å². The fourth-order valence-corrected chi connectivity index (χ4v) is 5.15. The second-order valence-corrected chi connectivity index (χ2v) is 15.8. The highest BCUT2D eigenvalue weighted by atomic mass is 16.3. The highest BCUT2D eigenvalue weighted by molar-refractivity contribution is 5.85. The maximum absolute atomic E-state index is 11.2. The number of aromatic hydroxyl groups is 1. The fourth-order valence-electron chi connectivity index (χ4n) is 5.15. The summed E-state index contributed by atoms with van der Waals surface area (Å²) in [5.74, 6) is 0.351. The molecule has 0 amide bonds. The minimum atomic E-state index is -0.154. The van der Waals surface area contributed by atoms with Crippen molar-refractivity contribution >= 4 is 12.4 Å². The van der Waals surface area contributed by atoms with E-state index in [1.807, 2.05) is 6.21 Å². The van der Waals surface area contributed by atoms with Crippen LogP contribution < -0.4 is 0 Å². The van der Waals surface area contributed by atoms with Gasteiger partial charge in [0.05, 0.1) is 12.1 Å². The van der Waals surface area contributed by atoms with Crippen molar-refractivity contribution in [2.45, 2.75) is 143 Å². The molecule has 2 aromatic carbocycles. The van der Waals surface area contributed by atoms with E-state index < -0.39 is 0 Å². The lowest BCUT2D eigenvalue weighted by Gasteiger charge is -2.28. The van der Waals surface area contributed by atoms with Gasteiger partial charge in [0.25, 0.3) is 0 Å². The van der Waals surface area contributed by atoms with Crippen LogP contribution in [0.3, 0.4) is 0 Å². The number of nitrogens with zero attached hydrogens (tertiary/aromatic N) is 2. The number of hydrogen-bond donors (Lipinski definition) is 1. The number of hydrogen-bond acceptors (Lipinski definition) is 3. The molecule has 0 saturated heterocycles. The lowest BCUT2D eigenvalue weighted by atomic mass is 9.79. The van der Waals surface area contributed by atoms with Gasteiger partial charge in [-0.05, 0) is 75.0 Å². The number of benzene rings is 2. The molecule has 1 aliphatic rings. The fraction of sp³-hybridized carbons (Fsp3) is 0.611. The van der Waals surface area contributed by atoms with Gasteiger partial charge in [-0.15, -0.1) is 0 Å². The first kappa shape index (κ1) is 31.1. The Morgan fingerprint density at radius 2 is 1.03 bits per heavy atom. The van der Waals surface area contributed by atoms with Gasteiger partial charge in [-0.25, -0.2) is 0 Å². The molecule has 0 aliphatic heterocycles. The Balaban J connectivity index is 1.96. The van der Waals surface area contributed by atoms with Gasteiger partial charge in [0, 0.05) is 23.6 Å². The summed E-state index contributed by atoms with van der Waals surface area (Å²) < 4.78 is 0. The van der Waals surface area contributed by atoms with Gasteiger partial charge < -0.3 is 5.11 Å². The second-order valence-electron chi connectivity index (χ2n) is 15.8. The molecule has 3 nitrogen and oxygen atoms in total. The molecule has 1 aliphatic carbocycles. The molecule has 1 N–H and O–H groups in total. The van der Waals surface area contributed by atoms with E-state index in [1.165, 1.54) is 35.1 Å². The summed E-state index contributed by atoms with van der Waals surface area (Å²) in [6.07, 6.45) is 8.42. The molecular formula is C36H54N2O. The Hall–Kier alpha value is -2.42. The Kier molecular flexibility index (Phi) is 8.95. The zero-order valence-corrected chi connectivity index (χ0v) is 26.9. The topological polar surface area (TPSA) is 45.0 Å². The molecule has 0 heterocycles. The highest BCUT2D eigenvalue weighted by Gasteiger charge is 2.27. The summed E-state index contributed by atoms with van der Waals surface area (Å²) in [4.78, 5) is 10.2. The zero-order valence-electron chi connectivity index (χ0n) is 26.9. The zero-order chi connectivity index (χ0) is 29.4. The van der Waals surface area contributed by atoms with Crippen molar-refractivity contribution < 1.29 is 5.11 Å². The SMILES string of the molecule is CC(C)(C)c1cc(C=N[C@H]2CCCC[C@@H]2N=Cc2cc(C(C)(C)C)cc(C(C)(C)C)c2O)cc(C(C)(C)C)c1. The van der Waals surface area contributed by atoms with Gasteiger partial charge in [-0.3, -0.25) is 9.98 Å². The average Bonchev–Trinajstić information content (AvgIpc) is 2.79. The predicted octanol–water partition coefficient (Wildman–Crippen LogP) is 9.43. The van der Waals surface area contributed by atoms with Crippen LogP contribution in [0.25, 0.3) is 0 Å². The quantitative estimate of drug-likeness (QED) is 0.393. The van der Waals surface area contributed by atoms with Crippen LogP contribution >= 0.6 is 0 Å². The normalized spacial score (nSPS) is 19.8. The van der Waals surface area contributed by atoms with E-state index in [4.69, 9.17) is 9.98 Å². The van der Waals surface area contributed by atoms with Crippen molar-refractivity contribution in [3.05, 3.63) is 63.7 Å². The smallest absolute Gasteiger partial charge is 0.128 e. The van der Waals surface area contributed by atoms with Crippen molar-refractivity contribution in [2.24, 2.45) is 9.98 Å². The second kappa shape index (κ2) is 11.2. The minimum Gasteiger partial charge on any atom is -0.507 e. The van der Waals surface area contributed by atoms with Crippen LogP contribution in [0.15, 0.2) is 40.3 Å². The largest absolute Gasteiger partial charge is 0.507 e. The molecular weight excluding hydrogens is 476 g/mol. The third kappa shape index (κ3) is 8.05. The van der Waals surface area contributed by atoms with Gasteiger partial charge in [0.2, 0.25) is 0 Å². The average molecular weight is 531 g/mol. The third-order valence-corrected chi connectivity index (χ3v) is 8.01. The summed E-state index contributed by atoms with van der Waals surface area (Å²) in [5, 5.41) is 11.2. The van der Waals surface area contributed by atoms with E-state index in [0.717, 1.165) is 24.0 Å². The summed E-state index contributed by atoms with van der Waals surface area (Å²) in [6.45, 7) is 26.8. The number of phenols is 1. The summed E-state index contributed by atoms with van der Waals surface area (Å²) in [5.41, 5.74) is 6.87. The van der Waals surface area contributed by atoms with E-state index in [-0.39, 0.29) is 33.7 Å². The molecule has 39 heavy (non-hydrogen) atoms. The predicted molar refractivity (Wildman–Crippen MR) is 171 cm³/mol. The van der Waals surface area contributed by atoms with E-state index in [9.17, 15) is 5.11 Å². The molecule has 3 heteroatoms. The Morgan fingerprint density at radius 3 is 1.46 bits per heavy atom. The van der Waals surface area contributed by atoms with E-state index in [0.29, 0.717) is 5.75 Å². The Morgan fingerprint density at radius 1 is 0.590 bits per heavy atom. The van der Waals surface area contributed by atoms with Crippen LogP contribution in [-0.2, 0) is 21.7 Å². The van der Waals surface area contributed by atoms with Crippen molar-refractivity contribution in [3.8, 4) is 5.75 Å². The first-order valence-corrected chi connectivity index (χ1v) is 14.9. The van der Waals surface area contributed by atoms with Crippen LogP contribution in [0.2, 0.25) is 0 Å². The highest BCUT2D eigenvalue weighted by Crippen LogP contribution is 2.37. The lowest BCUT2D eigenvalue weighted by molar-refractivity contribution is 0.390. The van der Waals surface area contributed by atoms with Crippen LogP contribution in [0.1, 0.15) is 142 Å². The molecule has 0 spiro atoms. The number of phenolic OH excluding ortho intramolecular Hbond substituents is 1. The Labute approximate surface area is 239 Å². The van der Waals surface area contributed by atoms with E-state index >= 15 is 0 Å². The van der Waals surface area contributed by atoms with Crippen LogP contribution in [0.4, 0.5) is 0 Å². The van der Waals surface area contributed by atoms with Crippen LogP contribution in [-0.4, -0.2) is 29.6 Å². The summed E-state index contributed by atoms with van der Waals surface area (Å²) in [6, 6.07) is 11.5. The number of aliphatic imine (C=N–C) groups is 2. The maximum Gasteiger partial charge on any atom is 0.128 e. The van der Waals surface area contributed by atoms with Gasteiger partial charge >= 0.3 is 0 Å². The van der Waals surface area contributed by atoms with E-state index in [2.05, 4.69) is 120 Å². The van der Waals surface area contributed by atoms with Crippen molar-refractivity contribution in [2.75, 3.05) is 0 Å². The molecule has 1 fully saturated rings. The summed E-state index contributed by atoms with van der Waals surface area (Å²) >= 11 is 0. The Bertz CT molecular complexity index is 1170. The van der Waals surface area contributed by atoms with Crippen molar-refractivity contribution in [3.63, 3.8) is 0 Å². The number of rotatable bonds is 4. The first-order valence-electron chi connectivity index (χ1n) is 14.9. The molecule has 1 saturated carbocycles. The molecule has 2 atom stereocenters. The van der Waals surface area contributed by atoms with Crippen molar-refractivity contribution in [1.82, 2.24) is 0 Å². The van der Waals surface area contributed by atoms with Crippen LogP contribution in [0.5, 0.6) is 5.75 Å². The molecule has 3 rings (SSSR count). The molecule has 2 aromatic rings. The van der Waals surface area contributed by atoms with Gasteiger partial charge in [0.1, 0.15) is 5.75 Å². The van der Waals surface area contributed by atoms with Gasteiger partial charge in [-0.1, -0.05) is 108 Å². The molecule has 214 valence electrons. The van der Waals surface area contributed by atoms with E-state index in [1.54, 1.807) is 0 Å². The monoisotopic (exact) mass is 530 g/mol. The maximum atomic E-state index is 11.2. The minimum absolute atomic E-state index is 0.0124. The first-order chi connectivity index (χ1) is 17.8. The molecule has 0 aromatic heterocycles. The van der Waals surface area contributed by atoms with Gasteiger partial charge in [0.15, 0.2) is 0 Å². The van der Waals surface area contributed by atoms with Gasteiger partial charge in [-0.2, -0.15) is 0 Å². The molecule has 0 radical (unpaired) electrons. The lowest BCUT2D eigenvalue weighted by Crippen LogP contribution is -2.27.